The number of benzene rings is 2. The van der Waals surface area contributed by atoms with E-state index >= 15 is 0 Å². The van der Waals surface area contributed by atoms with Crippen LogP contribution >= 0.6 is 0 Å². The first-order chi connectivity index (χ1) is 11.0. The molecule has 3 aromatic rings. The van der Waals surface area contributed by atoms with Crippen LogP contribution in [-0.4, -0.2) is 26.4 Å². The molecule has 0 spiro atoms. The molecule has 0 fully saturated rings. The smallest absolute Gasteiger partial charge is 0.336 e. The van der Waals surface area contributed by atoms with Crippen LogP contribution in [0.25, 0.3) is 22.5 Å². The Morgan fingerprint density at radius 2 is 1.78 bits per heavy atom. The van der Waals surface area contributed by atoms with Crippen molar-refractivity contribution in [3.8, 4) is 33.9 Å². The maximum atomic E-state index is 11.6. The zero-order valence-electron chi connectivity index (χ0n) is 12.1. The zero-order valence-corrected chi connectivity index (χ0v) is 12.1. The molecular weight excluding hydrogens is 298 g/mol. The third-order valence-corrected chi connectivity index (χ3v) is 3.46. The summed E-state index contributed by atoms with van der Waals surface area (Å²) in [6.07, 6.45) is 0. The van der Waals surface area contributed by atoms with E-state index in [-0.39, 0.29) is 22.5 Å². The highest BCUT2D eigenvalue weighted by Gasteiger charge is 2.25. The predicted molar refractivity (Wildman–Crippen MR) is 82.4 cm³/mol. The molecule has 116 valence electrons. The van der Waals surface area contributed by atoms with Gasteiger partial charge in [-0.05, 0) is 18.6 Å². The molecule has 3 N–H and O–H groups in total. The van der Waals surface area contributed by atoms with Gasteiger partial charge in [-0.1, -0.05) is 35.5 Å². The summed E-state index contributed by atoms with van der Waals surface area (Å²) in [4.78, 5) is 11.6. The second kappa shape index (κ2) is 5.49. The highest BCUT2D eigenvalue weighted by Crippen LogP contribution is 2.45. The van der Waals surface area contributed by atoms with E-state index in [1.807, 2.05) is 0 Å². The van der Waals surface area contributed by atoms with Crippen LogP contribution in [0, 0.1) is 6.92 Å². The van der Waals surface area contributed by atoms with Gasteiger partial charge in [0.2, 0.25) is 0 Å². The maximum absolute atomic E-state index is 11.6. The summed E-state index contributed by atoms with van der Waals surface area (Å²) in [5.74, 6) is -2.14. The molecule has 0 saturated heterocycles. The van der Waals surface area contributed by atoms with Gasteiger partial charge in [-0.3, -0.25) is 0 Å². The number of hydrogen-bond acceptors (Lipinski definition) is 5. The van der Waals surface area contributed by atoms with Crippen LogP contribution in [-0.2, 0) is 0 Å². The van der Waals surface area contributed by atoms with Crippen LogP contribution in [0.5, 0.6) is 11.5 Å². The van der Waals surface area contributed by atoms with Gasteiger partial charge in [0.25, 0.3) is 0 Å². The van der Waals surface area contributed by atoms with Gasteiger partial charge >= 0.3 is 5.97 Å². The lowest BCUT2D eigenvalue weighted by atomic mass is 9.95. The van der Waals surface area contributed by atoms with Gasteiger partial charge in [-0.2, -0.15) is 0 Å². The molecule has 2 aromatic carbocycles. The topological polar surface area (TPSA) is 104 Å². The van der Waals surface area contributed by atoms with Crippen molar-refractivity contribution < 1.29 is 24.6 Å². The molecule has 6 heteroatoms. The molecule has 6 nitrogen and oxygen atoms in total. The highest BCUT2D eigenvalue weighted by molar-refractivity contribution is 6.00. The average molecular weight is 311 g/mol. The van der Waals surface area contributed by atoms with Crippen molar-refractivity contribution in [3.63, 3.8) is 0 Å². The van der Waals surface area contributed by atoms with E-state index in [4.69, 9.17) is 4.52 Å². The van der Waals surface area contributed by atoms with E-state index in [0.717, 1.165) is 0 Å². The number of carboxylic acid groups (broad SMARTS) is 1. The molecule has 0 bridgehead atoms. The lowest BCUT2D eigenvalue weighted by Gasteiger charge is -2.12. The quantitative estimate of drug-likeness (QED) is 0.640. The standard InChI is InChI=1S/C17H13NO5/c1-9-7-13(23-18-9)14-12(17(21)22)8-11(15(19)16(14)20)10-5-3-2-4-6-10/h2-8,19-20H,1H3,(H,21,22). The number of hydrogen-bond donors (Lipinski definition) is 3. The normalized spacial score (nSPS) is 10.7. The van der Waals surface area contributed by atoms with Crippen LogP contribution in [0.15, 0.2) is 47.0 Å². The lowest BCUT2D eigenvalue weighted by molar-refractivity contribution is 0.0697. The van der Waals surface area contributed by atoms with Crippen LogP contribution in [0.4, 0.5) is 0 Å². The van der Waals surface area contributed by atoms with Crippen LogP contribution in [0.2, 0.25) is 0 Å². The number of nitrogens with zero attached hydrogens (tertiary/aromatic N) is 1. The summed E-state index contributed by atoms with van der Waals surface area (Å²) in [5, 5.41) is 33.8. The van der Waals surface area contributed by atoms with E-state index < -0.39 is 17.5 Å². The molecule has 3 rings (SSSR count). The second-order valence-corrected chi connectivity index (χ2v) is 5.05. The minimum absolute atomic E-state index is 0.0762. The Hall–Kier alpha value is -3.28. The third kappa shape index (κ3) is 2.50. The fourth-order valence-electron chi connectivity index (χ4n) is 2.40. The summed E-state index contributed by atoms with van der Waals surface area (Å²) in [6.45, 7) is 1.67. The monoisotopic (exact) mass is 311 g/mol. The van der Waals surface area contributed by atoms with Gasteiger partial charge in [0, 0.05) is 11.6 Å². The van der Waals surface area contributed by atoms with Crippen molar-refractivity contribution in [1.82, 2.24) is 5.16 Å². The average Bonchev–Trinajstić information content (AvgIpc) is 2.96. The molecule has 1 aromatic heterocycles. The van der Waals surface area contributed by atoms with Crippen molar-refractivity contribution in [3.05, 3.63) is 53.7 Å². The number of phenolic OH excluding ortho intramolecular Hbond substituents is 2. The Kier molecular flexibility index (Phi) is 3.50. The molecule has 23 heavy (non-hydrogen) atoms. The van der Waals surface area contributed by atoms with Gasteiger partial charge < -0.3 is 19.8 Å². The van der Waals surface area contributed by atoms with Crippen LogP contribution < -0.4 is 0 Å². The summed E-state index contributed by atoms with van der Waals surface area (Å²) >= 11 is 0. The van der Waals surface area contributed by atoms with E-state index in [0.29, 0.717) is 11.3 Å². The summed E-state index contributed by atoms with van der Waals surface area (Å²) in [7, 11) is 0. The minimum Gasteiger partial charge on any atom is -0.504 e. The lowest BCUT2D eigenvalue weighted by Crippen LogP contribution is -2.01. The number of carboxylic acids is 1. The van der Waals surface area contributed by atoms with Gasteiger partial charge in [0.05, 0.1) is 16.8 Å². The summed E-state index contributed by atoms with van der Waals surface area (Å²) < 4.78 is 5.04. The maximum Gasteiger partial charge on any atom is 0.336 e. The zero-order chi connectivity index (χ0) is 16.6. The molecule has 0 aliphatic heterocycles. The Balaban J connectivity index is 2.31. The molecule has 0 saturated carbocycles. The van der Waals surface area contributed by atoms with Gasteiger partial charge in [0.15, 0.2) is 17.3 Å². The SMILES string of the molecule is Cc1cc(-c2c(C(=O)O)cc(-c3ccccc3)c(O)c2O)on1. The first kappa shape index (κ1) is 14.6. The molecule has 0 amide bonds. The largest absolute Gasteiger partial charge is 0.504 e. The molecule has 1 heterocycles. The van der Waals surface area contributed by atoms with Crippen molar-refractivity contribution in [2.75, 3.05) is 0 Å². The first-order valence-electron chi connectivity index (χ1n) is 6.80. The molecule has 0 radical (unpaired) electrons. The molecule has 0 aliphatic carbocycles. The Morgan fingerprint density at radius 3 is 2.35 bits per heavy atom. The van der Waals surface area contributed by atoms with Crippen molar-refractivity contribution in [2.45, 2.75) is 6.92 Å². The second-order valence-electron chi connectivity index (χ2n) is 5.05. The molecule has 0 aliphatic rings. The molecular formula is C17H13NO5. The molecule has 0 unspecified atom stereocenters. The summed E-state index contributed by atoms with van der Waals surface area (Å²) in [5.41, 5.74) is 1.05. The number of phenols is 2. The van der Waals surface area contributed by atoms with Crippen molar-refractivity contribution in [2.24, 2.45) is 0 Å². The number of carbonyl (C=O) groups is 1. The minimum atomic E-state index is -1.25. The number of aromatic carboxylic acids is 1. The fourth-order valence-corrected chi connectivity index (χ4v) is 2.40. The highest BCUT2D eigenvalue weighted by atomic mass is 16.5. The first-order valence-corrected chi connectivity index (χ1v) is 6.80. The van der Waals surface area contributed by atoms with Crippen LogP contribution in [0.3, 0.4) is 0 Å². The van der Waals surface area contributed by atoms with Gasteiger partial charge in [0.1, 0.15) is 0 Å². The van der Waals surface area contributed by atoms with Crippen LogP contribution in [0.1, 0.15) is 16.1 Å². The number of rotatable bonds is 3. The van der Waals surface area contributed by atoms with E-state index in [9.17, 15) is 20.1 Å². The summed E-state index contributed by atoms with van der Waals surface area (Å²) in [6, 6.07) is 11.5. The van der Waals surface area contributed by atoms with Crippen molar-refractivity contribution in [1.29, 1.82) is 0 Å². The fraction of sp³-hybridized carbons (Fsp3) is 0.0588. The Labute approximate surface area is 131 Å². The van der Waals surface area contributed by atoms with Gasteiger partial charge in [-0.15, -0.1) is 0 Å². The number of aromatic nitrogens is 1. The van der Waals surface area contributed by atoms with Gasteiger partial charge in [-0.25, -0.2) is 4.79 Å². The number of aryl methyl sites for hydroxylation is 1. The third-order valence-electron chi connectivity index (χ3n) is 3.46. The Morgan fingerprint density at radius 1 is 1.09 bits per heavy atom. The molecule has 0 atom stereocenters. The Bertz CT molecular complexity index is 883. The van der Waals surface area contributed by atoms with E-state index in [1.54, 1.807) is 37.3 Å². The van der Waals surface area contributed by atoms with E-state index in [2.05, 4.69) is 5.16 Å². The number of aromatic hydroxyl groups is 2. The van der Waals surface area contributed by atoms with E-state index in [1.165, 1.54) is 12.1 Å². The van der Waals surface area contributed by atoms with Crippen molar-refractivity contribution >= 4 is 5.97 Å². The predicted octanol–water partition coefficient (Wildman–Crippen LogP) is 3.43.